The number of ether oxygens (including phenoxy) is 1. The number of nitrogens with zero attached hydrogens (tertiary/aromatic N) is 3. The zero-order chi connectivity index (χ0) is 21.5. The van der Waals surface area contributed by atoms with Gasteiger partial charge in [-0.3, -0.25) is 4.90 Å². The van der Waals surface area contributed by atoms with Gasteiger partial charge < -0.3 is 4.74 Å². The molecule has 1 aliphatic heterocycles. The SMILES string of the molecule is COc1ccc(N2C(=O)N(Cc3c(F)cccc3Cl)c3ccccc3S2(=O)=O)cn1. The Hall–Kier alpha value is -3.17. The highest BCUT2D eigenvalue weighted by Gasteiger charge is 2.43. The molecule has 0 aliphatic carbocycles. The highest BCUT2D eigenvalue weighted by Crippen LogP contribution is 2.38. The molecule has 0 saturated carbocycles. The second kappa shape index (κ2) is 7.58. The van der Waals surface area contributed by atoms with Gasteiger partial charge in [0.15, 0.2) is 0 Å². The third-order valence-corrected chi connectivity index (χ3v) is 6.72. The number of urea groups is 1. The molecule has 0 spiro atoms. The minimum atomic E-state index is -4.22. The van der Waals surface area contributed by atoms with Gasteiger partial charge in [0.1, 0.15) is 10.7 Å². The summed E-state index contributed by atoms with van der Waals surface area (Å²) in [5.41, 5.74) is 0.244. The van der Waals surface area contributed by atoms with Crippen molar-refractivity contribution in [3.8, 4) is 5.88 Å². The normalized spacial score (nSPS) is 15.1. The monoisotopic (exact) mass is 447 g/mol. The van der Waals surface area contributed by atoms with Crippen LogP contribution in [0.3, 0.4) is 0 Å². The molecular formula is C20H15ClFN3O4S. The molecule has 154 valence electrons. The van der Waals surface area contributed by atoms with E-state index in [1.165, 1.54) is 60.7 Å². The predicted molar refractivity (Wildman–Crippen MR) is 110 cm³/mol. The van der Waals surface area contributed by atoms with Crippen LogP contribution in [0.2, 0.25) is 5.02 Å². The van der Waals surface area contributed by atoms with Crippen LogP contribution in [0.1, 0.15) is 5.56 Å². The number of aromatic nitrogens is 1. The largest absolute Gasteiger partial charge is 0.481 e. The van der Waals surface area contributed by atoms with Crippen molar-refractivity contribution in [2.45, 2.75) is 11.4 Å². The summed E-state index contributed by atoms with van der Waals surface area (Å²) < 4.78 is 46.5. The van der Waals surface area contributed by atoms with Gasteiger partial charge in [-0.05, 0) is 30.3 Å². The number of hydrogen-bond donors (Lipinski definition) is 0. The lowest BCUT2D eigenvalue weighted by Crippen LogP contribution is -2.50. The molecule has 1 aliphatic rings. The summed E-state index contributed by atoms with van der Waals surface area (Å²) >= 11 is 6.13. The summed E-state index contributed by atoms with van der Waals surface area (Å²) in [6.07, 6.45) is 1.22. The minimum absolute atomic E-state index is 0.0277. The Balaban J connectivity index is 1.87. The molecular weight excluding hydrogens is 433 g/mol. The first kappa shape index (κ1) is 20.1. The number of halogens is 2. The molecule has 2 amide bonds. The molecule has 2 aromatic carbocycles. The van der Waals surface area contributed by atoms with Crippen molar-refractivity contribution >= 4 is 39.0 Å². The van der Waals surface area contributed by atoms with E-state index >= 15 is 0 Å². The summed E-state index contributed by atoms with van der Waals surface area (Å²) in [5.74, 6) is -0.338. The van der Waals surface area contributed by atoms with Gasteiger partial charge in [-0.15, -0.1) is 0 Å². The van der Waals surface area contributed by atoms with E-state index in [0.29, 0.717) is 4.31 Å². The quantitative estimate of drug-likeness (QED) is 0.598. The Morgan fingerprint density at radius 1 is 1.10 bits per heavy atom. The van der Waals surface area contributed by atoms with E-state index in [1.807, 2.05) is 0 Å². The minimum Gasteiger partial charge on any atom is -0.481 e. The highest BCUT2D eigenvalue weighted by atomic mass is 35.5. The number of para-hydroxylation sites is 1. The standard InChI is InChI=1S/C20H15ClFN3O4S/c1-29-19-10-9-13(11-23-19)25-20(26)24(12-14-15(21)5-4-6-16(14)22)17-7-2-3-8-18(17)30(25,27)28/h2-11H,12H2,1H3. The van der Waals surface area contributed by atoms with Gasteiger partial charge in [-0.2, -0.15) is 4.31 Å². The molecule has 3 aromatic rings. The summed E-state index contributed by atoms with van der Waals surface area (Å²) in [6, 6.07) is 12.2. The average Bonchev–Trinajstić information content (AvgIpc) is 2.73. The summed E-state index contributed by atoms with van der Waals surface area (Å²) in [4.78, 5) is 18.4. The van der Waals surface area contributed by atoms with Crippen LogP contribution in [-0.2, 0) is 16.6 Å². The van der Waals surface area contributed by atoms with Crippen LogP contribution in [0.5, 0.6) is 5.88 Å². The van der Waals surface area contributed by atoms with Crippen LogP contribution in [0.25, 0.3) is 0 Å². The smallest absolute Gasteiger partial charge is 0.343 e. The first-order valence-electron chi connectivity index (χ1n) is 8.73. The molecule has 2 heterocycles. The van der Waals surface area contributed by atoms with E-state index in [0.717, 1.165) is 0 Å². The van der Waals surface area contributed by atoms with Crippen molar-refractivity contribution in [3.63, 3.8) is 0 Å². The molecule has 1 aromatic heterocycles. The first-order chi connectivity index (χ1) is 14.3. The number of benzene rings is 2. The van der Waals surface area contributed by atoms with Gasteiger partial charge in [0.05, 0.1) is 31.2 Å². The lowest BCUT2D eigenvalue weighted by atomic mass is 10.2. The fourth-order valence-corrected chi connectivity index (χ4v) is 4.97. The topological polar surface area (TPSA) is 79.8 Å². The number of anilines is 2. The second-order valence-electron chi connectivity index (χ2n) is 6.36. The molecule has 0 bridgehead atoms. The van der Waals surface area contributed by atoms with E-state index in [2.05, 4.69) is 4.98 Å². The number of carbonyl (C=O) groups is 1. The first-order valence-corrected chi connectivity index (χ1v) is 10.5. The Morgan fingerprint density at radius 3 is 2.53 bits per heavy atom. The molecule has 0 saturated heterocycles. The van der Waals surface area contributed by atoms with E-state index in [-0.39, 0.29) is 39.3 Å². The van der Waals surface area contributed by atoms with E-state index in [9.17, 15) is 17.6 Å². The van der Waals surface area contributed by atoms with Gasteiger partial charge in [0.2, 0.25) is 5.88 Å². The predicted octanol–water partition coefficient (Wildman–Crippen LogP) is 4.22. The third-order valence-electron chi connectivity index (χ3n) is 4.62. The van der Waals surface area contributed by atoms with Gasteiger partial charge >= 0.3 is 6.03 Å². The lowest BCUT2D eigenvalue weighted by Gasteiger charge is -2.36. The number of fused-ring (bicyclic) bond motifs is 1. The maximum Gasteiger partial charge on any atom is 0.343 e. The maximum absolute atomic E-state index is 14.4. The Labute approximate surface area is 177 Å². The van der Waals surface area contributed by atoms with E-state index < -0.39 is 21.9 Å². The average molecular weight is 448 g/mol. The van der Waals surface area contributed by atoms with Crippen molar-refractivity contribution in [2.24, 2.45) is 0 Å². The number of pyridine rings is 1. The van der Waals surface area contributed by atoms with Gasteiger partial charge in [0.25, 0.3) is 10.0 Å². The second-order valence-corrected chi connectivity index (χ2v) is 8.53. The van der Waals surface area contributed by atoms with E-state index in [1.54, 1.807) is 12.1 Å². The fourth-order valence-electron chi connectivity index (χ4n) is 3.17. The van der Waals surface area contributed by atoms with Crippen LogP contribution < -0.4 is 13.9 Å². The van der Waals surface area contributed by atoms with Crippen molar-refractivity contribution in [2.75, 3.05) is 16.3 Å². The van der Waals surface area contributed by atoms with Crippen LogP contribution in [0, 0.1) is 5.82 Å². The van der Waals surface area contributed by atoms with Crippen molar-refractivity contribution in [3.05, 3.63) is 77.2 Å². The Kier molecular flexibility index (Phi) is 5.08. The molecule has 0 radical (unpaired) electrons. The molecule has 30 heavy (non-hydrogen) atoms. The Morgan fingerprint density at radius 2 is 1.87 bits per heavy atom. The maximum atomic E-state index is 14.4. The molecule has 0 unspecified atom stereocenters. The lowest BCUT2D eigenvalue weighted by molar-refractivity contribution is 0.253. The van der Waals surface area contributed by atoms with Gasteiger partial charge in [0, 0.05) is 16.7 Å². The number of methoxy groups -OCH3 is 1. The van der Waals surface area contributed by atoms with Crippen molar-refractivity contribution in [1.29, 1.82) is 0 Å². The molecule has 0 N–H and O–H groups in total. The molecule has 10 heteroatoms. The van der Waals surface area contributed by atoms with Crippen molar-refractivity contribution < 1.29 is 22.3 Å². The summed E-state index contributed by atoms with van der Waals surface area (Å²) in [6.45, 7) is -0.253. The number of hydrogen-bond acceptors (Lipinski definition) is 5. The number of rotatable bonds is 4. The van der Waals surface area contributed by atoms with Crippen molar-refractivity contribution in [1.82, 2.24) is 4.98 Å². The number of sulfonamides is 1. The number of amides is 2. The van der Waals surface area contributed by atoms with Crippen LogP contribution in [-0.4, -0.2) is 26.5 Å². The Bertz CT molecular complexity index is 1210. The van der Waals surface area contributed by atoms with Crippen LogP contribution in [0.4, 0.5) is 20.6 Å². The zero-order valence-electron chi connectivity index (χ0n) is 15.6. The van der Waals surface area contributed by atoms with Crippen LogP contribution >= 0.6 is 11.6 Å². The summed E-state index contributed by atoms with van der Waals surface area (Å²) in [5, 5.41) is 0.131. The molecule has 7 nitrogen and oxygen atoms in total. The highest BCUT2D eigenvalue weighted by molar-refractivity contribution is 7.94. The van der Waals surface area contributed by atoms with Gasteiger partial charge in [-0.25, -0.2) is 22.6 Å². The van der Waals surface area contributed by atoms with E-state index in [4.69, 9.17) is 16.3 Å². The summed E-state index contributed by atoms with van der Waals surface area (Å²) in [7, 11) is -2.80. The molecule has 4 rings (SSSR count). The third kappa shape index (κ3) is 3.25. The molecule has 0 fully saturated rings. The van der Waals surface area contributed by atoms with Gasteiger partial charge in [-0.1, -0.05) is 29.8 Å². The fraction of sp³-hybridized carbons (Fsp3) is 0.100. The zero-order valence-corrected chi connectivity index (χ0v) is 17.2. The van der Waals surface area contributed by atoms with Crippen LogP contribution in [0.15, 0.2) is 65.7 Å². The molecule has 0 atom stereocenters. The number of carbonyl (C=O) groups excluding carboxylic acids is 1.